The Labute approximate surface area is 172 Å². The number of benzene rings is 2. The van der Waals surface area contributed by atoms with Crippen molar-refractivity contribution in [2.45, 2.75) is 10.3 Å². The van der Waals surface area contributed by atoms with E-state index >= 15 is 0 Å². The molecule has 1 aliphatic heterocycles. The molecule has 1 amide bonds. The molecule has 0 radical (unpaired) electrons. The highest BCUT2D eigenvalue weighted by molar-refractivity contribution is 6.76. The number of hydrogen-bond acceptors (Lipinski definition) is 3. The number of alkyl halides is 3. The topological polar surface area (TPSA) is 35.6 Å². The van der Waals surface area contributed by atoms with Crippen molar-refractivity contribution in [2.24, 2.45) is 0 Å². The van der Waals surface area contributed by atoms with Gasteiger partial charge in [-0.3, -0.25) is 9.69 Å². The molecule has 144 valence electrons. The van der Waals surface area contributed by atoms with Crippen LogP contribution in [0.4, 0.5) is 15.8 Å². The molecule has 27 heavy (non-hydrogen) atoms. The summed E-state index contributed by atoms with van der Waals surface area (Å²) in [5, 5.41) is 2.55. The Morgan fingerprint density at radius 3 is 2.22 bits per heavy atom. The molecule has 1 saturated heterocycles. The number of nitrogens with one attached hydrogen (secondary N) is 1. The first-order valence-electron chi connectivity index (χ1n) is 8.52. The minimum Gasteiger partial charge on any atom is -0.369 e. The number of nitrogens with zero attached hydrogens (tertiary/aromatic N) is 2. The van der Waals surface area contributed by atoms with Crippen LogP contribution >= 0.6 is 34.8 Å². The summed E-state index contributed by atoms with van der Waals surface area (Å²) in [6.45, 7) is 3.99. The second-order valence-corrected chi connectivity index (χ2v) is 8.63. The largest absolute Gasteiger partial charge is 0.369 e. The molecule has 0 aliphatic carbocycles. The van der Waals surface area contributed by atoms with Gasteiger partial charge in [0.05, 0.1) is 0 Å². The molecule has 1 fully saturated rings. The summed E-state index contributed by atoms with van der Waals surface area (Å²) in [6, 6.07) is 14.3. The third-order valence-electron chi connectivity index (χ3n) is 4.47. The number of rotatable bonds is 4. The lowest BCUT2D eigenvalue weighted by atomic mass is 10.1. The van der Waals surface area contributed by atoms with E-state index < -0.39 is 9.70 Å². The maximum atomic E-state index is 13.8. The minimum absolute atomic E-state index is 0.160. The van der Waals surface area contributed by atoms with Crippen molar-refractivity contribution in [3.8, 4) is 0 Å². The van der Waals surface area contributed by atoms with Gasteiger partial charge in [-0.25, -0.2) is 4.39 Å². The number of halogens is 4. The van der Waals surface area contributed by atoms with Crippen LogP contribution in [-0.4, -0.2) is 40.8 Å². The first-order valence-corrected chi connectivity index (χ1v) is 9.65. The third-order valence-corrected chi connectivity index (χ3v) is 4.99. The Hall–Kier alpha value is -1.53. The lowest BCUT2D eigenvalue weighted by Gasteiger charge is -2.36. The lowest BCUT2D eigenvalue weighted by molar-refractivity contribution is -0.115. The van der Waals surface area contributed by atoms with Gasteiger partial charge >= 0.3 is 0 Å². The fraction of sp³-hybridized carbons (Fsp3) is 0.316. The van der Waals surface area contributed by atoms with Crippen LogP contribution in [0, 0.1) is 5.82 Å². The summed E-state index contributed by atoms with van der Waals surface area (Å²) in [5.41, 5.74) is 2.33. The molecule has 1 aliphatic rings. The molecular formula is C19H19Cl3FN3O. The van der Waals surface area contributed by atoms with Gasteiger partial charge in [-0.1, -0.05) is 53.0 Å². The van der Waals surface area contributed by atoms with Crippen molar-refractivity contribution in [2.75, 3.05) is 36.4 Å². The van der Waals surface area contributed by atoms with E-state index in [-0.39, 0.29) is 5.82 Å². The van der Waals surface area contributed by atoms with Crippen molar-refractivity contribution in [1.29, 1.82) is 0 Å². The molecular weight excluding hydrogens is 412 g/mol. The monoisotopic (exact) mass is 429 g/mol. The molecule has 3 rings (SSSR count). The highest BCUT2D eigenvalue weighted by atomic mass is 35.6. The first-order chi connectivity index (χ1) is 12.8. The first kappa shape index (κ1) is 20.2. The Balaban J connectivity index is 1.54. The van der Waals surface area contributed by atoms with Gasteiger partial charge in [-0.15, -0.1) is 0 Å². The van der Waals surface area contributed by atoms with Crippen LogP contribution in [0.25, 0.3) is 0 Å². The second-order valence-electron chi connectivity index (χ2n) is 6.35. The Morgan fingerprint density at radius 2 is 1.63 bits per heavy atom. The predicted molar refractivity (Wildman–Crippen MR) is 109 cm³/mol. The molecule has 0 spiro atoms. The molecule has 0 aromatic heterocycles. The Morgan fingerprint density at radius 1 is 1.00 bits per heavy atom. The summed E-state index contributed by atoms with van der Waals surface area (Å²) in [4.78, 5) is 16.2. The van der Waals surface area contributed by atoms with Crippen LogP contribution in [-0.2, 0) is 11.3 Å². The Kier molecular flexibility index (Phi) is 6.48. The lowest BCUT2D eigenvalue weighted by Crippen LogP contribution is -2.46. The van der Waals surface area contributed by atoms with Gasteiger partial charge in [0.25, 0.3) is 9.70 Å². The minimum atomic E-state index is -1.99. The molecule has 0 saturated carbocycles. The number of hydrogen-bond donors (Lipinski definition) is 1. The van der Waals surface area contributed by atoms with Crippen molar-refractivity contribution >= 4 is 52.1 Å². The van der Waals surface area contributed by atoms with Crippen LogP contribution in [0.15, 0.2) is 48.5 Å². The number of carbonyl (C=O) groups excluding carboxylic acids is 1. The molecule has 2 aromatic carbocycles. The quantitative estimate of drug-likeness (QED) is 0.728. The van der Waals surface area contributed by atoms with Crippen molar-refractivity contribution in [1.82, 2.24) is 4.90 Å². The third kappa shape index (κ3) is 5.48. The molecule has 0 unspecified atom stereocenters. The smallest absolute Gasteiger partial charge is 0.276 e. The SMILES string of the molecule is O=C(Nc1ccc(N2CCN(Cc3ccccc3F)CC2)cc1)C(Cl)(Cl)Cl. The second kappa shape index (κ2) is 8.65. The van der Waals surface area contributed by atoms with Crippen molar-refractivity contribution in [3.63, 3.8) is 0 Å². The van der Waals surface area contributed by atoms with Crippen LogP contribution in [0.3, 0.4) is 0 Å². The molecule has 1 N–H and O–H groups in total. The van der Waals surface area contributed by atoms with Crippen molar-refractivity contribution < 1.29 is 9.18 Å². The summed E-state index contributed by atoms with van der Waals surface area (Å²) >= 11 is 16.7. The molecule has 8 heteroatoms. The molecule has 0 atom stereocenters. The zero-order valence-electron chi connectivity index (χ0n) is 14.5. The van der Waals surface area contributed by atoms with Gasteiger partial charge < -0.3 is 10.2 Å². The zero-order chi connectivity index (χ0) is 19.4. The van der Waals surface area contributed by atoms with Gasteiger partial charge in [-0.2, -0.15) is 0 Å². The average Bonchev–Trinajstić information content (AvgIpc) is 2.64. The van der Waals surface area contributed by atoms with Crippen LogP contribution in [0.1, 0.15) is 5.56 Å². The van der Waals surface area contributed by atoms with Gasteiger partial charge in [0.15, 0.2) is 0 Å². The molecule has 2 aromatic rings. The van der Waals surface area contributed by atoms with Crippen molar-refractivity contribution in [3.05, 3.63) is 59.9 Å². The maximum Gasteiger partial charge on any atom is 0.276 e. The standard InChI is InChI=1S/C19H19Cl3FN3O/c20-19(21,22)18(27)24-15-5-7-16(8-6-15)26-11-9-25(10-12-26)13-14-3-1-2-4-17(14)23/h1-8H,9-13H2,(H,24,27). The summed E-state index contributed by atoms with van der Waals surface area (Å²) < 4.78 is 11.8. The summed E-state index contributed by atoms with van der Waals surface area (Å²) in [6.07, 6.45) is 0. The van der Waals surface area contributed by atoms with Crippen LogP contribution < -0.4 is 10.2 Å². The van der Waals surface area contributed by atoms with Gasteiger partial charge in [0.1, 0.15) is 5.82 Å². The summed E-state index contributed by atoms with van der Waals surface area (Å²) in [5.74, 6) is -0.852. The van der Waals surface area contributed by atoms with E-state index in [1.165, 1.54) is 6.07 Å². The number of piperazine rings is 1. The number of carbonyl (C=O) groups is 1. The number of amides is 1. The highest BCUT2D eigenvalue weighted by Gasteiger charge is 2.30. The van der Waals surface area contributed by atoms with Gasteiger partial charge in [0.2, 0.25) is 0 Å². The normalized spacial score (nSPS) is 15.6. The average molecular weight is 431 g/mol. The van der Waals surface area contributed by atoms with Gasteiger partial charge in [0, 0.05) is 49.7 Å². The number of anilines is 2. The fourth-order valence-electron chi connectivity index (χ4n) is 2.99. The highest BCUT2D eigenvalue weighted by Crippen LogP contribution is 2.28. The van der Waals surface area contributed by atoms with E-state index in [4.69, 9.17) is 34.8 Å². The van der Waals surface area contributed by atoms with E-state index in [0.717, 1.165) is 37.4 Å². The van der Waals surface area contributed by atoms with E-state index in [2.05, 4.69) is 15.1 Å². The fourth-order valence-corrected chi connectivity index (χ4v) is 3.13. The molecule has 1 heterocycles. The molecule has 4 nitrogen and oxygen atoms in total. The van der Waals surface area contributed by atoms with E-state index in [1.807, 2.05) is 24.3 Å². The Bertz CT molecular complexity index is 788. The predicted octanol–water partition coefficient (Wildman–Crippen LogP) is 4.46. The van der Waals surface area contributed by atoms with E-state index in [9.17, 15) is 9.18 Å². The molecule has 0 bridgehead atoms. The van der Waals surface area contributed by atoms with Gasteiger partial charge in [-0.05, 0) is 30.3 Å². The maximum absolute atomic E-state index is 13.8. The van der Waals surface area contributed by atoms with Crippen LogP contribution in [0.2, 0.25) is 0 Å². The van der Waals surface area contributed by atoms with Crippen LogP contribution in [0.5, 0.6) is 0 Å². The van der Waals surface area contributed by atoms with E-state index in [1.54, 1.807) is 18.2 Å². The van der Waals surface area contributed by atoms with E-state index in [0.29, 0.717) is 12.2 Å². The summed E-state index contributed by atoms with van der Waals surface area (Å²) in [7, 11) is 0. The zero-order valence-corrected chi connectivity index (χ0v) is 16.7.